The molecule has 7 heteroatoms. The minimum atomic E-state index is -3.15. The zero-order valence-corrected chi connectivity index (χ0v) is 12.1. The Morgan fingerprint density at radius 3 is 2.68 bits per heavy atom. The van der Waals surface area contributed by atoms with Crippen LogP contribution in [-0.4, -0.2) is 34.4 Å². The van der Waals surface area contributed by atoms with Crippen molar-refractivity contribution in [3.8, 4) is 5.75 Å². The molecule has 0 aliphatic carbocycles. The molecule has 19 heavy (non-hydrogen) atoms. The zero-order chi connectivity index (χ0) is 14.3. The van der Waals surface area contributed by atoms with E-state index < -0.39 is 10.0 Å². The van der Waals surface area contributed by atoms with Crippen LogP contribution < -0.4 is 20.5 Å². The van der Waals surface area contributed by atoms with Crippen LogP contribution in [0, 0.1) is 0 Å². The molecule has 0 amide bonds. The predicted octanol–water partition coefficient (Wildman–Crippen LogP) is 1.02. The molecule has 1 aromatic rings. The van der Waals surface area contributed by atoms with Crippen LogP contribution in [0.25, 0.3) is 0 Å². The maximum Gasteiger partial charge on any atom is 0.208 e. The molecule has 0 aliphatic rings. The van der Waals surface area contributed by atoms with Crippen molar-refractivity contribution < 1.29 is 13.2 Å². The van der Waals surface area contributed by atoms with Crippen LogP contribution in [0.3, 0.4) is 0 Å². The number of nitrogens with two attached hydrogens (primary N) is 1. The van der Waals surface area contributed by atoms with Gasteiger partial charge in [0, 0.05) is 13.1 Å². The zero-order valence-electron chi connectivity index (χ0n) is 11.3. The average molecular weight is 287 g/mol. The summed E-state index contributed by atoms with van der Waals surface area (Å²) in [6.07, 6.45) is 2.04. The Bertz CT molecular complexity index is 503. The number of nitrogen functional groups attached to an aromatic ring is 1. The molecular weight excluding hydrogens is 266 g/mol. The van der Waals surface area contributed by atoms with Crippen molar-refractivity contribution in [2.75, 3.05) is 37.0 Å². The molecule has 6 nitrogen and oxygen atoms in total. The van der Waals surface area contributed by atoms with Crippen LogP contribution in [0.4, 0.5) is 11.4 Å². The number of rotatable bonds is 8. The van der Waals surface area contributed by atoms with Gasteiger partial charge in [-0.25, -0.2) is 13.1 Å². The Morgan fingerprint density at radius 1 is 1.32 bits per heavy atom. The molecule has 0 aromatic heterocycles. The fourth-order valence-corrected chi connectivity index (χ4v) is 1.94. The number of hydrogen-bond donors (Lipinski definition) is 3. The van der Waals surface area contributed by atoms with Crippen molar-refractivity contribution in [3.05, 3.63) is 18.2 Å². The molecule has 0 spiro atoms. The van der Waals surface area contributed by atoms with Gasteiger partial charge in [-0.05, 0) is 18.6 Å². The number of hydrogen-bond acceptors (Lipinski definition) is 5. The number of nitrogens with one attached hydrogen (secondary N) is 2. The van der Waals surface area contributed by atoms with E-state index in [2.05, 4.69) is 10.0 Å². The van der Waals surface area contributed by atoms with Gasteiger partial charge in [0.05, 0.1) is 24.2 Å². The highest BCUT2D eigenvalue weighted by Gasteiger charge is 2.05. The van der Waals surface area contributed by atoms with Crippen molar-refractivity contribution in [2.45, 2.75) is 13.3 Å². The van der Waals surface area contributed by atoms with E-state index in [1.54, 1.807) is 0 Å². The first-order valence-corrected chi connectivity index (χ1v) is 8.03. The SMILES string of the molecule is CCCOc1cccc(NCCNS(C)(=O)=O)c1N. The maximum absolute atomic E-state index is 10.9. The van der Waals surface area contributed by atoms with Crippen molar-refractivity contribution in [1.82, 2.24) is 4.72 Å². The van der Waals surface area contributed by atoms with E-state index in [9.17, 15) is 8.42 Å². The van der Waals surface area contributed by atoms with Gasteiger partial charge in [0.25, 0.3) is 0 Å². The molecule has 4 N–H and O–H groups in total. The summed E-state index contributed by atoms with van der Waals surface area (Å²) < 4.78 is 29.7. The molecule has 0 bridgehead atoms. The van der Waals surface area contributed by atoms with Crippen LogP contribution in [0.1, 0.15) is 13.3 Å². The second-order valence-corrected chi connectivity index (χ2v) is 5.99. The maximum atomic E-state index is 10.9. The summed E-state index contributed by atoms with van der Waals surface area (Å²) in [5, 5.41) is 3.07. The lowest BCUT2D eigenvalue weighted by Gasteiger charge is -2.13. The van der Waals surface area contributed by atoms with E-state index in [1.807, 2.05) is 25.1 Å². The van der Waals surface area contributed by atoms with E-state index in [0.717, 1.165) is 18.4 Å². The molecule has 0 heterocycles. The predicted molar refractivity (Wildman–Crippen MR) is 78.0 cm³/mol. The van der Waals surface area contributed by atoms with Gasteiger partial charge in [0.1, 0.15) is 5.75 Å². The van der Waals surface area contributed by atoms with Crippen LogP contribution in [0.5, 0.6) is 5.75 Å². The van der Waals surface area contributed by atoms with Gasteiger partial charge in [-0.2, -0.15) is 0 Å². The third-order valence-electron chi connectivity index (χ3n) is 2.33. The van der Waals surface area contributed by atoms with E-state index in [4.69, 9.17) is 10.5 Å². The van der Waals surface area contributed by atoms with Crippen molar-refractivity contribution >= 4 is 21.4 Å². The molecule has 1 aromatic carbocycles. The summed E-state index contributed by atoms with van der Waals surface area (Å²) in [5.41, 5.74) is 7.24. The van der Waals surface area contributed by atoms with Gasteiger partial charge in [0.2, 0.25) is 10.0 Å². The van der Waals surface area contributed by atoms with Gasteiger partial charge in [-0.15, -0.1) is 0 Å². The third-order valence-corrected chi connectivity index (χ3v) is 3.06. The van der Waals surface area contributed by atoms with Gasteiger partial charge in [0.15, 0.2) is 0 Å². The molecule has 0 aliphatic heterocycles. The summed E-state index contributed by atoms with van der Waals surface area (Å²) in [4.78, 5) is 0. The van der Waals surface area contributed by atoms with E-state index in [0.29, 0.717) is 31.1 Å². The van der Waals surface area contributed by atoms with Gasteiger partial charge in [-0.3, -0.25) is 0 Å². The average Bonchev–Trinajstić information content (AvgIpc) is 2.33. The fourth-order valence-electron chi connectivity index (χ4n) is 1.47. The number of ether oxygens (including phenoxy) is 1. The highest BCUT2D eigenvalue weighted by Crippen LogP contribution is 2.29. The molecule has 108 valence electrons. The Labute approximate surface area is 114 Å². The standard InChI is InChI=1S/C12H21N3O3S/c1-3-9-18-11-6-4-5-10(12(11)13)14-7-8-15-19(2,16)17/h4-6,14-15H,3,7-9,13H2,1-2H3. The van der Waals surface area contributed by atoms with Crippen LogP contribution in [0.15, 0.2) is 18.2 Å². The van der Waals surface area contributed by atoms with Crippen molar-refractivity contribution in [1.29, 1.82) is 0 Å². The number of para-hydroxylation sites is 1. The Balaban J connectivity index is 2.54. The molecule has 0 radical (unpaired) electrons. The lowest BCUT2D eigenvalue weighted by Crippen LogP contribution is -2.27. The Hall–Kier alpha value is -1.47. The molecule has 1 rings (SSSR count). The van der Waals surface area contributed by atoms with Crippen LogP contribution in [0.2, 0.25) is 0 Å². The lowest BCUT2D eigenvalue weighted by molar-refractivity contribution is 0.319. The topological polar surface area (TPSA) is 93.5 Å². The smallest absolute Gasteiger partial charge is 0.208 e. The second-order valence-electron chi connectivity index (χ2n) is 4.16. The first kappa shape index (κ1) is 15.6. The van der Waals surface area contributed by atoms with E-state index in [1.165, 1.54) is 0 Å². The van der Waals surface area contributed by atoms with Crippen LogP contribution >= 0.6 is 0 Å². The summed E-state index contributed by atoms with van der Waals surface area (Å²) in [6.45, 7) is 3.39. The Morgan fingerprint density at radius 2 is 2.05 bits per heavy atom. The minimum Gasteiger partial charge on any atom is -0.491 e. The number of anilines is 2. The van der Waals surface area contributed by atoms with Crippen molar-refractivity contribution in [3.63, 3.8) is 0 Å². The van der Waals surface area contributed by atoms with Crippen molar-refractivity contribution in [2.24, 2.45) is 0 Å². The molecular formula is C12H21N3O3S. The molecule has 0 saturated heterocycles. The quantitative estimate of drug-likeness (QED) is 0.490. The lowest BCUT2D eigenvalue weighted by atomic mass is 10.2. The monoisotopic (exact) mass is 287 g/mol. The second kappa shape index (κ2) is 7.20. The highest BCUT2D eigenvalue weighted by atomic mass is 32.2. The van der Waals surface area contributed by atoms with Gasteiger partial charge < -0.3 is 15.8 Å². The molecule has 0 atom stereocenters. The number of benzene rings is 1. The summed E-state index contributed by atoms with van der Waals surface area (Å²) in [6, 6.07) is 5.48. The summed E-state index contributed by atoms with van der Waals surface area (Å²) >= 11 is 0. The molecule has 0 saturated carbocycles. The van der Waals surface area contributed by atoms with E-state index >= 15 is 0 Å². The molecule has 0 unspecified atom stereocenters. The summed E-state index contributed by atoms with van der Waals surface area (Å²) in [5.74, 6) is 0.642. The fraction of sp³-hybridized carbons (Fsp3) is 0.500. The van der Waals surface area contributed by atoms with Gasteiger partial charge >= 0.3 is 0 Å². The normalized spacial score (nSPS) is 11.3. The molecule has 0 fully saturated rings. The third kappa shape index (κ3) is 5.80. The summed E-state index contributed by atoms with van der Waals surface area (Å²) in [7, 11) is -3.15. The minimum absolute atomic E-state index is 0.304. The Kier molecular flexibility index (Phi) is 5.91. The highest BCUT2D eigenvalue weighted by molar-refractivity contribution is 7.88. The van der Waals surface area contributed by atoms with Gasteiger partial charge in [-0.1, -0.05) is 13.0 Å². The number of sulfonamides is 1. The van der Waals surface area contributed by atoms with Crippen LogP contribution in [-0.2, 0) is 10.0 Å². The first-order chi connectivity index (χ1) is 8.94. The van der Waals surface area contributed by atoms with E-state index in [-0.39, 0.29) is 0 Å². The largest absolute Gasteiger partial charge is 0.491 e. The first-order valence-electron chi connectivity index (χ1n) is 6.14.